The Labute approximate surface area is 154 Å². The Morgan fingerprint density at radius 3 is 2.00 bits per heavy atom. The lowest BCUT2D eigenvalue weighted by atomic mass is 10.0. The highest BCUT2D eigenvalue weighted by Crippen LogP contribution is 2.33. The molecule has 1 aromatic heterocycles. The number of sulfonamides is 1. The van der Waals surface area contributed by atoms with E-state index < -0.39 is 25.1 Å². The molecule has 0 radical (unpaired) electrons. The van der Waals surface area contributed by atoms with E-state index in [2.05, 4.69) is 4.98 Å². The van der Waals surface area contributed by atoms with Crippen LogP contribution in [0.1, 0.15) is 22.3 Å². The van der Waals surface area contributed by atoms with Crippen molar-refractivity contribution in [3.8, 4) is 0 Å². The van der Waals surface area contributed by atoms with Gasteiger partial charge in [0.05, 0.1) is 10.1 Å². The molecule has 2 heterocycles. The lowest BCUT2D eigenvalue weighted by Gasteiger charge is -2.37. The van der Waals surface area contributed by atoms with E-state index in [4.69, 9.17) is 0 Å². The Kier molecular flexibility index (Phi) is 4.53. The second-order valence-corrected chi connectivity index (χ2v) is 10.9. The van der Waals surface area contributed by atoms with Gasteiger partial charge >= 0.3 is 0 Å². The third-order valence-electron chi connectivity index (χ3n) is 5.18. The highest BCUT2D eigenvalue weighted by Gasteiger charge is 2.46. The summed E-state index contributed by atoms with van der Waals surface area (Å²) in [6.07, 6.45) is 2.98. The molecular formula is C17H23N3O4S2. The van der Waals surface area contributed by atoms with Crippen LogP contribution in [0.15, 0.2) is 28.5 Å². The van der Waals surface area contributed by atoms with Crippen molar-refractivity contribution in [1.82, 2.24) is 13.9 Å². The molecule has 0 bridgehead atoms. The zero-order valence-corrected chi connectivity index (χ0v) is 17.1. The number of benzene rings is 1. The summed E-state index contributed by atoms with van der Waals surface area (Å²) in [6.45, 7) is 7.23. The minimum Gasteiger partial charge on any atom is -0.325 e. The molecule has 0 aliphatic carbocycles. The van der Waals surface area contributed by atoms with Crippen LogP contribution >= 0.6 is 0 Å². The summed E-state index contributed by atoms with van der Waals surface area (Å²) in [5.74, 6) is 0. The van der Waals surface area contributed by atoms with E-state index in [0.717, 1.165) is 11.1 Å². The van der Waals surface area contributed by atoms with Crippen molar-refractivity contribution in [3.05, 3.63) is 40.7 Å². The van der Waals surface area contributed by atoms with Crippen molar-refractivity contribution in [2.75, 3.05) is 13.1 Å². The molecule has 26 heavy (non-hydrogen) atoms. The number of rotatable bonds is 4. The predicted molar refractivity (Wildman–Crippen MR) is 98.3 cm³/mol. The number of nitrogens with zero attached hydrogens (tertiary/aromatic N) is 3. The standard InChI is InChI=1S/C17H23N3O4S2/c1-11-8-12(2)14(4)16(13(11)3)26(23,24)20-9-15(10-20)25(21,22)17-18-6-7-19(17)5/h6-8,15H,9-10H2,1-5H3. The van der Waals surface area contributed by atoms with Crippen molar-refractivity contribution >= 4 is 19.9 Å². The first-order valence-electron chi connectivity index (χ1n) is 8.26. The first-order valence-corrected chi connectivity index (χ1v) is 11.3. The Bertz CT molecular complexity index is 1050. The average Bonchev–Trinajstić information content (AvgIpc) is 2.90. The van der Waals surface area contributed by atoms with E-state index in [1.54, 1.807) is 27.1 Å². The summed E-state index contributed by atoms with van der Waals surface area (Å²) in [5, 5.41) is -0.803. The van der Waals surface area contributed by atoms with Crippen molar-refractivity contribution in [2.45, 2.75) is 43.0 Å². The van der Waals surface area contributed by atoms with Gasteiger partial charge in [-0.1, -0.05) is 6.07 Å². The highest BCUT2D eigenvalue weighted by molar-refractivity contribution is 7.92. The average molecular weight is 398 g/mol. The van der Waals surface area contributed by atoms with Crippen LogP contribution in [0.5, 0.6) is 0 Å². The fraction of sp³-hybridized carbons (Fsp3) is 0.471. The molecule has 0 N–H and O–H groups in total. The van der Waals surface area contributed by atoms with Crippen LogP contribution in [0.4, 0.5) is 0 Å². The molecule has 1 aliphatic rings. The molecule has 1 aromatic carbocycles. The van der Waals surface area contributed by atoms with Crippen LogP contribution in [0.25, 0.3) is 0 Å². The molecule has 0 unspecified atom stereocenters. The van der Waals surface area contributed by atoms with Gasteiger partial charge in [0.1, 0.15) is 0 Å². The van der Waals surface area contributed by atoms with Crippen LogP contribution in [-0.4, -0.2) is 49.0 Å². The maximum absolute atomic E-state index is 13.1. The molecule has 1 fully saturated rings. The second-order valence-electron chi connectivity index (χ2n) is 6.90. The summed E-state index contributed by atoms with van der Waals surface area (Å²) < 4.78 is 54.2. The van der Waals surface area contributed by atoms with E-state index in [0.29, 0.717) is 16.0 Å². The van der Waals surface area contributed by atoms with Gasteiger partial charge in [-0.2, -0.15) is 4.31 Å². The summed E-state index contributed by atoms with van der Waals surface area (Å²) in [7, 11) is -5.79. The normalized spacial score (nSPS) is 16.7. The van der Waals surface area contributed by atoms with Gasteiger partial charge in [-0.25, -0.2) is 21.8 Å². The van der Waals surface area contributed by atoms with Gasteiger partial charge in [-0.15, -0.1) is 0 Å². The van der Waals surface area contributed by atoms with Gasteiger partial charge in [0.2, 0.25) is 25.0 Å². The molecule has 1 aliphatic heterocycles. The molecule has 2 aromatic rings. The van der Waals surface area contributed by atoms with Crippen LogP contribution in [0, 0.1) is 27.7 Å². The van der Waals surface area contributed by atoms with Gasteiger partial charge < -0.3 is 4.57 Å². The number of aryl methyl sites for hydroxylation is 3. The Morgan fingerprint density at radius 2 is 1.54 bits per heavy atom. The topological polar surface area (TPSA) is 89.3 Å². The quantitative estimate of drug-likeness (QED) is 0.780. The lowest BCUT2D eigenvalue weighted by molar-refractivity contribution is 0.308. The van der Waals surface area contributed by atoms with Crippen LogP contribution in [-0.2, 0) is 26.9 Å². The lowest BCUT2D eigenvalue weighted by Crippen LogP contribution is -2.57. The Morgan fingerprint density at radius 1 is 1.00 bits per heavy atom. The molecule has 142 valence electrons. The Hall–Kier alpha value is -1.71. The second kappa shape index (κ2) is 6.17. The fourth-order valence-corrected chi connectivity index (χ4v) is 7.28. The summed E-state index contributed by atoms with van der Waals surface area (Å²) in [4.78, 5) is 4.19. The van der Waals surface area contributed by atoms with Gasteiger partial charge in [0.15, 0.2) is 0 Å². The largest absolute Gasteiger partial charge is 0.325 e. The van der Waals surface area contributed by atoms with E-state index in [-0.39, 0.29) is 18.2 Å². The van der Waals surface area contributed by atoms with Gasteiger partial charge in [-0.3, -0.25) is 0 Å². The zero-order chi connectivity index (χ0) is 19.4. The van der Waals surface area contributed by atoms with Crippen molar-refractivity contribution in [1.29, 1.82) is 0 Å². The van der Waals surface area contributed by atoms with Crippen molar-refractivity contribution < 1.29 is 16.8 Å². The number of hydrogen-bond donors (Lipinski definition) is 0. The predicted octanol–water partition coefficient (Wildman–Crippen LogP) is 1.50. The van der Waals surface area contributed by atoms with Gasteiger partial charge in [0, 0.05) is 32.5 Å². The molecule has 9 heteroatoms. The molecule has 3 rings (SSSR count). The smallest absolute Gasteiger partial charge is 0.243 e. The number of sulfone groups is 1. The minimum absolute atomic E-state index is 0.0293. The van der Waals surface area contributed by atoms with E-state index in [1.807, 2.05) is 19.9 Å². The summed E-state index contributed by atoms with van der Waals surface area (Å²) in [5.41, 5.74) is 3.24. The number of imidazole rings is 1. The molecule has 0 amide bonds. The van der Waals surface area contributed by atoms with E-state index in [9.17, 15) is 16.8 Å². The molecule has 0 spiro atoms. The SMILES string of the molecule is Cc1cc(C)c(C)c(S(=O)(=O)N2CC(S(=O)(=O)c3nccn3C)C2)c1C. The maximum Gasteiger partial charge on any atom is 0.243 e. The first-order chi connectivity index (χ1) is 12.0. The minimum atomic E-state index is -3.74. The molecule has 1 saturated heterocycles. The molecule has 0 atom stereocenters. The van der Waals surface area contributed by atoms with E-state index in [1.165, 1.54) is 15.1 Å². The fourth-order valence-electron chi connectivity index (χ4n) is 3.27. The zero-order valence-electron chi connectivity index (χ0n) is 15.5. The molecular weight excluding hydrogens is 374 g/mol. The van der Waals surface area contributed by atoms with Crippen LogP contribution in [0.2, 0.25) is 0 Å². The molecule has 7 nitrogen and oxygen atoms in total. The highest BCUT2D eigenvalue weighted by atomic mass is 32.2. The third kappa shape index (κ3) is 2.78. The molecule has 0 saturated carbocycles. The van der Waals surface area contributed by atoms with Crippen molar-refractivity contribution in [2.24, 2.45) is 7.05 Å². The Balaban J connectivity index is 1.91. The first kappa shape index (κ1) is 19.1. The van der Waals surface area contributed by atoms with Crippen LogP contribution < -0.4 is 0 Å². The van der Waals surface area contributed by atoms with Gasteiger partial charge in [-0.05, 0) is 49.9 Å². The summed E-state index contributed by atoms with van der Waals surface area (Å²) >= 11 is 0. The third-order valence-corrected chi connectivity index (χ3v) is 9.36. The van der Waals surface area contributed by atoms with Crippen LogP contribution in [0.3, 0.4) is 0 Å². The summed E-state index contributed by atoms with van der Waals surface area (Å²) in [6, 6.07) is 1.97. The number of aromatic nitrogens is 2. The van der Waals surface area contributed by atoms with Gasteiger partial charge in [0.25, 0.3) is 0 Å². The maximum atomic E-state index is 13.1. The van der Waals surface area contributed by atoms with E-state index >= 15 is 0 Å². The number of hydrogen-bond acceptors (Lipinski definition) is 5. The van der Waals surface area contributed by atoms with Crippen molar-refractivity contribution in [3.63, 3.8) is 0 Å². The monoisotopic (exact) mass is 397 g/mol.